The minimum absolute atomic E-state index is 0.307. The molecule has 3 rings (SSSR count). The zero-order chi connectivity index (χ0) is 11.1. The van der Waals surface area contributed by atoms with Gasteiger partial charge in [0.1, 0.15) is 11.9 Å². The van der Waals surface area contributed by atoms with Crippen molar-refractivity contribution in [3.05, 3.63) is 35.6 Å². The number of cyclic esters (lactones) is 1. The number of halogens is 1. The average molecular weight is 221 g/mol. The molecule has 16 heavy (non-hydrogen) atoms. The number of amides is 1. The molecule has 1 heterocycles. The summed E-state index contributed by atoms with van der Waals surface area (Å²) >= 11 is 0. The highest BCUT2D eigenvalue weighted by molar-refractivity contribution is 5.71. The molecular weight excluding hydrogens is 209 g/mol. The smallest absolute Gasteiger partial charge is 0.410 e. The van der Waals surface area contributed by atoms with Crippen LogP contribution in [0.2, 0.25) is 0 Å². The molecule has 1 saturated heterocycles. The summed E-state index contributed by atoms with van der Waals surface area (Å²) in [5.41, 5.74) is 0.471. The van der Waals surface area contributed by atoms with Gasteiger partial charge in [0.2, 0.25) is 0 Å². The van der Waals surface area contributed by atoms with E-state index < -0.39 is 6.10 Å². The van der Waals surface area contributed by atoms with Crippen LogP contribution in [0.3, 0.4) is 0 Å². The minimum Gasteiger partial charge on any atom is -0.439 e. The van der Waals surface area contributed by atoms with Gasteiger partial charge < -0.3 is 9.64 Å². The molecule has 0 spiro atoms. The molecule has 2 fully saturated rings. The Morgan fingerprint density at radius 3 is 2.75 bits per heavy atom. The van der Waals surface area contributed by atoms with Gasteiger partial charge in [0.05, 0.1) is 6.54 Å². The lowest BCUT2D eigenvalue weighted by Gasteiger charge is -2.11. The molecule has 1 aromatic carbocycles. The number of benzene rings is 1. The molecule has 3 nitrogen and oxygen atoms in total. The molecule has 1 unspecified atom stereocenters. The van der Waals surface area contributed by atoms with Gasteiger partial charge in [-0.15, -0.1) is 0 Å². The molecule has 0 aromatic heterocycles. The lowest BCUT2D eigenvalue weighted by atomic mass is 10.1. The fourth-order valence-corrected chi connectivity index (χ4v) is 2.06. The van der Waals surface area contributed by atoms with Crippen molar-refractivity contribution in [3.8, 4) is 0 Å². The van der Waals surface area contributed by atoms with E-state index in [2.05, 4.69) is 0 Å². The second-order valence-corrected chi connectivity index (χ2v) is 4.28. The lowest BCUT2D eigenvalue weighted by Crippen LogP contribution is -2.26. The zero-order valence-electron chi connectivity index (χ0n) is 8.73. The van der Waals surface area contributed by atoms with Gasteiger partial charge in [-0.2, -0.15) is 0 Å². The maximum atomic E-state index is 13.5. The van der Waals surface area contributed by atoms with Gasteiger partial charge in [0, 0.05) is 11.6 Å². The van der Waals surface area contributed by atoms with Gasteiger partial charge in [0.15, 0.2) is 0 Å². The molecule has 4 heteroatoms. The van der Waals surface area contributed by atoms with Crippen LogP contribution in [0.1, 0.15) is 24.5 Å². The van der Waals surface area contributed by atoms with E-state index in [9.17, 15) is 9.18 Å². The van der Waals surface area contributed by atoms with Crippen molar-refractivity contribution in [1.82, 2.24) is 4.90 Å². The maximum absolute atomic E-state index is 13.5. The molecular formula is C12H12FNO2. The van der Waals surface area contributed by atoms with Crippen molar-refractivity contribution in [2.75, 3.05) is 6.54 Å². The maximum Gasteiger partial charge on any atom is 0.410 e. The first-order valence-corrected chi connectivity index (χ1v) is 5.47. The Kier molecular flexibility index (Phi) is 2.09. The topological polar surface area (TPSA) is 29.5 Å². The molecule has 84 valence electrons. The molecule has 2 aliphatic rings. The van der Waals surface area contributed by atoms with Crippen LogP contribution >= 0.6 is 0 Å². The first-order valence-electron chi connectivity index (χ1n) is 5.47. The van der Waals surface area contributed by atoms with E-state index in [0.717, 1.165) is 12.8 Å². The van der Waals surface area contributed by atoms with E-state index in [0.29, 0.717) is 18.2 Å². The zero-order valence-corrected chi connectivity index (χ0v) is 8.73. The second kappa shape index (κ2) is 3.47. The van der Waals surface area contributed by atoms with Gasteiger partial charge in [-0.25, -0.2) is 9.18 Å². The van der Waals surface area contributed by atoms with Crippen LogP contribution in [0.15, 0.2) is 24.3 Å². The number of hydrogen-bond donors (Lipinski definition) is 0. The van der Waals surface area contributed by atoms with Gasteiger partial charge in [-0.05, 0) is 18.9 Å². The Morgan fingerprint density at radius 1 is 1.31 bits per heavy atom. The van der Waals surface area contributed by atoms with Crippen LogP contribution in [0.25, 0.3) is 0 Å². The number of hydrogen-bond acceptors (Lipinski definition) is 2. The Hall–Kier alpha value is -1.58. The summed E-state index contributed by atoms with van der Waals surface area (Å²) in [5, 5.41) is 0. The molecule has 1 aliphatic carbocycles. The number of ether oxygens (including phenoxy) is 1. The van der Waals surface area contributed by atoms with Crippen molar-refractivity contribution in [3.63, 3.8) is 0 Å². The summed E-state index contributed by atoms with van der Waals surface area (Å²) in [6.45, 7) is 0.477. The highest BCUT2D eigenvalue weighted by atomic mass is 19.1. The largest absolute Gasteiger partial charge is 0.439 e. The molecule has 1 aromatic rings. The van der Waals surface area contributed by atoms with Gasteiger partial charge in [-0.1, -0.05) is 18.2 Å². The Balaban J connectivity index is 1.82. The van der Waals surface area contributed by atoms with E-state index >= 15 is 0 Å². The summed E-state index contributed by atoms with van der Waals surface area (Å²) in [6, 6.07) is 6.77. The molecule has 1 saturated carbocycles. The monoisotopic (exact) mass is 221 g/mol. The highest BCUT2D eigenvalue weighted by Gasteiger charge is 2.41. The van der Waals surface area contributed by atoms with Crippen LogP contribution in [-0.4, -0.2) is 23.6 Å². The third kappa shape index (κ3) is 1.54. The van der Waals surface area contributed by atoms with E-state index in [4.69, 9.17) is 4.74 Å². The first-order chi connectivity index (χ1) is 7.75. The van der Waals surface area contributed by atoms with E-state index in [1.165, 1.54) is 6.07 Å². The number of carbonyl (C=O) groups is 1. The average Bonchev–Trinajstić information content (AvgIpc) is 3.03. The summed E-state index contributed by atoms with van der Waals surface area (Å²) in [6.07, 6.45) is 1.32. The van der Waals surface area contributed by atoms with Crippen molar-refractivity contribution >= 4 is 6.09 Å². The van der Waals surface area contributed by atoms with Crippen molar-refractivity contribution in [2.45, 2.75) is 25.0 Å². The predicted octanol–water partition coefficient (Wildman–Crippen LogP) is 2.48. The normalized spacial score (nSPS) is 24.7. The Morgan fingerprint density at radius 2 is 2.06 bits per heavy atom. The summed E-state index contributed by atoms with van der Waals surface area (Å²) in [7, 11) is 0. The second-order valence-electron chi connectivity index (χ2n) is 4.28. The van der Waals surface area contributed by atoms with Crippen molar-refractivity contribution < 1.29 is 13.9 Å². The third-order valence-corrected chi connectivity index (χ3v) is 3.08. The lowest BCUT2D eigenvalue weighted by molar-refractivity contribution is 0.131. The molecule has 0 radical (unpaired) electrons. The molecule has 0 bridgehead atoms. The van der Waals surface area contributed by atoms with Crippen molar-refractivity contribution in [1.29, 1.82) is 0 Å². The van der Waals surface area contributed by atoms with Gasteiger partial charge in [-0.3, -0.25) is 0 Å². The molecule has 1 amide bonds. The number of nitrogens with zero attached hydrogens (tertiary/aromatic N) is 1. The number of rotatable bonds is 2. The number of carbonyl (C=O) groups excluding carboxylic acids is 1. The molecule has 1 atom stereocenters. The van der Waals surface area contributed by atoms with Gasteiger partial charge in [0.25, 0.3) is 0 Å². The van der Waals surface area contributed by atoms with Crippen LogP contribution in [0.4, 0.5) is 9.18 Å². The predicted molar refractivity (Wildman–Crippen MR) is 55.4 cm³/mol. The van der Waals surface area contributed by atoms with Gasteiger partial charge >= 0.3 is 6.09 Å². The van der Waals surface area contributed by atoms with Crippen LogP contribution in [-0.2, 0) is 4.74 Å². The molecule has 1 aliphatic heterocycles. The van der Waals surface area contributed by atoms with Crippen LogP contribution in [0, 0.1) is 5.82 Å². The van der Waals surface area contributed by atoms with E-state index in [1.54, 1.807) is 23.1 Å². The summed E-state index contributed by atoms with van der Waals surface area (Å²) < 4.78 is 18.7. The standard InChI is InChI=1S/C12H12FNO2/c13-10-4-2-1-3-9(10)11-7-14(8-5-6-8)12(15)16-11/h1-4,8,11H,5-7H2. The van der Waals surface area contributed by atoms with E-state index in [-0.39, 0.29) is 11.9 Å². The quantitative estimate of drug-likeness (QED) is 0.767. The third-order valence-electron chi connectivity index (χ3n) is 3.08. The molecule has 0 N–H and O–H groups in total. The Labute approximate surface area is 92.8 Å². The first kappa shape index (κ1) is 9.63. The van der Waals surface area contributed by atoms with Crippen molar-refractivity contribution in [2.24, 2.45) is 0 Å². The Bertz CT molecular complexity index is 431. The van der Waals surface area contributed by atoms with Crippen LogP contribution in [0.5, 0.6) is 0 Å². The highest BCUT2D eigenvalue weighted by Crippen LogP contribution is 2.35. The fourth-order valence-electron chi connectivity index (χ4n) is 2.06. The summed E-state index contributed by atoms with van der Waals surface area (Å²) in [5.74, 6) is -0.307. The van der Waals surface area contributed by atoms with Crippen LogP contribution < -0.4 is 0 Å². The SMILES string of the molecule is O=C1OC(c2ccccc2F)CN1C1CC1. The van der Waals surface area contributed by atoms with E-state index in [1.807, 2.05) is 0 Å². The minimum atomic E-state index is -0.450. The summed E-state index contributed by atoms with van der Waals surface area (Å²) in [4.78, 5) is 13.2. The fraction of sp³-hybridized carbons (Fsp3) is 0.417.